The highest BCUT2D eigenvalue weighted by molar-refractivity contribution is 5.06. The molecule has 2 atom stereocenters. The molecule has 0 radical (unpaired) electrons. The number of rotatable bonds is 1. The summed E-state index contributed by atoms with van der Waals surface area (Å²) in [6.45, 7) is 12.5. The third-order valence-electron chi connectivity index (χ3n) is 3.59. The van der Waals surface area contributed by atoms with Gasteiger partial charge in [0.15, 0.2) is 0 Å². The van der Waals surface area contributed by atoms with Crippen molar-refractivity contribution in [3.63, 3.8) is 0 Å². The Labute approximate surface area is 93.1 Å². The van der Waals surface area contributed by atoms with Crippen LogP contribution in [0.5, 0.6) is 0 Å². The second-order valence-corrected chi connectivity index (χ2v) is 6.15. The van der Waals surface area contributed by atoms with Gasteiger partial charge in [-0.05, 0) is 48.0 Å². The van der Waals surface area contributed by atoms with Crippen LogP contribution in [-0.4, -0.2) is 44.4 Å². The molecule has 2 N–H and O–H groups in total. The molecule has 0 aromatic rings. The summed E-state index contributed by atoms with van der Waals surface area (Å²) < 4.78 is 0. The quantitative estimate of drug-likeness (QED) is 0.694. The van der Waals surface area contributed by atoms with Crippen LogP contribution in [0.15, 0.2) is 0 Å². The molecule has 1 saturated heterocycles. The monoisotopic (exact) mass is 215 g/mol. The van der Waals surface area contributed by atoms with E-state index in [1.807, 2.05) is 13.8 Å². The number of nitrogens with zero attached hydrogens (tertiary/aromatic N) is 1. The van der Waals surface area contributed by atoms with Gasteiger partial charge >= 0.3 is 0 Å². The van der Waals surface area contributed by atoms with Gasteiger partial charge in [-0.25, -0.2) is 0 Å². The van der Waals surface area contributed by atoms with Gasteiger partial charge in [0.05, 0.1) is 12.2 Å². The first kappa shape index (κ1) is 12.9. The largest absolute Gasteiger partial charge is 0.390 e. The zero-order valence-corrected chi connectivity index (χ0v) is 10.8. The molecule has 1 heterocycles. The van der Waals surface area contributed by atoms with Crippen molar-refractivity contribution in [1.29, 1.82) is 0 Å². The average molecular weight is 215 g/mol. The summed E-state index contributed by atoms with van der Waals surface area (Å²) in [4.78, 5) is 2.30. The van der Waals surface area contributed by atoms with Crippen molar-refractivity contribution < 1.29 is 10.2 Å². The highest BCUT2D eigenvalue weighted by Gasteiger charge is 2.51. The molecular formula is C12H25NO2. The number of hydrogen-bond donors (Lipinski definition) is 2. The predicted octanol–water partition coefficient (Wildman–Crippen LogP) is 1.38. The van der Waals surface area contributed by atoms with Crippen molar-refractivity contribution in [2.75, 3.05) is 0 Å². The molecule has 15 heavy (non-hydrogen) atoms. The van der Waals surface area contributed by atoms with E-state index in [-0.39, 0.29) is 11.1 Å². The standard InChI is InChI=1S/C12H25NO2/c1-8(2)13-11(3,4)7-9(14)10(15)12(13,5)6/h8-10,14-15H,7H2,1-6H3/t9-,10+/m1/s1. The van der Waals surface area contributed by atoms with Crippen LogP contribution >= 0.6 is 0 Å². The van der Waals surface area contributed by atoms with Crippen LogP contribution in [0.3, 0.4) is 0 Å². The minimum atomic E-state index is -0.673. The molecule has 90 valence electrons. The predicted molar refractivity (Wildman–Crippen MR) is 61.8 cm³/mol. The fraction of sp³-hybridized carbons (Fsp3) is 1.00. The van der Waals surface area contributed by atoms with E-state index >= 15 is 0 Å². The second-order valence-electron chi connectivity index (χ2n) is 6.15. The summed E-state index contributed by atoms with van der Waals surface area (Å²) in [6, 6.07) is 0.358. The van der Waals surface area contributed by atoms with Crippen LogP contribution in [0.25, 0.3) is 0 Å². The molecule has 0 aromatic carbocycles. The van der Waals surface area contributed by atoms with E-state index in [0.717, 1.165) is 0 Å². The molecular weight excluding hydrogens is 190 g/mol. The van der Waals surface area contributed by atoms with Gasteiger partial charge in [0.2, 0.25) is 0 Å². The maximum atomic E-state index is 10.1. The van der Waals surface area contributed by atoms with Crippen LogP contribution in [0.1, 0.15) is 48.0 Å². The lowest BCUT2D eigenvalue weighted by Crippen LogP contribution is -2.70. The number of aliphatic hydroxyl groups excluding tert-OH is 2. The molecule has 1 fully saturated rings. The molecule has 0 amide bonds. The SMILES string of the molecule is CC(C)N1C(C)(C)C[C@@H](O)[C@H](O)C1(C)C. The van der Waals surface area contributed by atoms with Gasteiger partial charge in [0.1, 0.15) is 0 Å². The lowest BCUT2D eigenvalue weighted by molar-refractivity contribution is -0.172. The topological polar surface area (TPSA) is 43.7 Å². The fourth-order valence-electron chi connectivity index (χ4n) is 3.48. The minimum Gasteiger partial charge on any atom is -0.390 e. The molecule has 1 rings (SSSR count). The van der Waals surface area contributed by atoms with Crippen LogP contribution in [0.2, 0.25) is 0 Å². The Hall–Kier alpha value is -0.120. The van der Waals surface area contributed by atoms with E-state index in [2.05, 4.69) is 32.6 Å². The zero-order chi connectivity index (χ0) is 12.0. The van der Waals surface area contributed by atoms with E-state index in [4.69, 9.17) is 0 Å². The van der Waals surface area contributed by atoms with Gasteiger partial charge in [-0.3, -0.25) is 4.90 Å². The Morgan fingerprint density at radius 2 is 1.60 bits per heavy atom. The van der Waals surface area contributed by atoms with Crippen molar-refractivity contribution in [2.45, 2.75) is 77.3 Å². The van der Waals surface area contributed by atoms with Crippen LogP contribution in [-0.2, 0) is 0 Å². The highest BCUT2D eigenvalue weighted by atomic mass is 16.3. The third-order valence-corrected chi connectivity index (χ3v) is 3.59. The summed E-state index contributed by atoms with van der Waals surface area (Å²) in [5.41, 5.74) is -0.453. The smallest absolute Gasteiger partial charge is 0.0977 e. The maximum Gasteiger partial charge on any atom is 0.0977 e. The van der Waals surface area contributed by atoms with Gasteiger partial charge < -0.3 is 10.2 Å². The van der Waals surface area contributed by atoms with E-state index < -0.39 is 12.2 Å². The van der Waals surface area contributed by atoms with E-state index in [0.29, 0.717) is 12.5 Å². The van der Waals surface area contributed by atoms with Crippen molar-refractivity contribution >= 4 is 0 Å². The summed E-state index contributed by atoms with van der Waals surface area (Å²) in [6.07, 6.45) is -0.673. The molecule has 1 aliphatic heterocycles. The number of likely N-dealkylation sites (tertiary alicyclic amines) is 1. The van der Waals surface area contributed by atoms with Crippen molar-refractivity contribution in [2.24, 2.45) is 0 Å². The molecule has 0 bridgehead atoms. The minimum absolute atomic E-state index is 0.0731. The van der Waals surface area contributed by atoms with Crippen molar-refractivity contribution in [3.05, 3.63) is 0 Å². The zero-order valence-electron chi connectivity index (χ0n) is 10.8. The average Bonchev–Trinajstić information content (AvgIpc) is 1.97. The molecule has 0 unspecified atom stereocenters. The number of hydrogen-bond acceptors (Lipinski definition) is 3. The van der Waals surface area contributed by atoms with Gasteiger partial charge in [-0.2, -0.15) is 0 Å². The lowest BCUT2D eigenvalue weighted by Gasteiger charge is -2.58. The van der Waals surface area contributed by atoms with E-state index in [1.165, 1.54) is 0 Å². The van der Waals surface area contributed by atoms with Gasteiger partial charge in [0.25, 0.3) is 0 Å². The Bertz CT molecular complexity index is 236. The number of piperidine rings is 1. The molecule has 3 heteroatoms. The highest BCUT2D eigenvalue weighted by Crippen LogP contribution is 2.39. The third kappa shape index (κ3) is 2.05. The first-order valence-corrected chi connectivity index (χ1v) is 5.76. The Kier molecular flexibility index (Phi) is 3.21. The van der Waals surface area contributed by atoms with E-state index in [1.54, 1.807) is 0 Å². The molecule has 1 aliphatic rings. The molecule has 0 spiro atoms. The van der Waals surface area contributed by atoms with Crippen LogP contribution < -0.4 is 0 Å². The summed E-state index contributed by atoms with van der Waals surface area (Å²) in [5, 5.41) is 19.9. The van der Waals surface area contributed by atoms with Gasteiger partial charge in [-0.15, -0.1) is 0 Å². The summed E-state index contributed by atoms with van der Waals surface area (Å²) in [7, 11) is 0. The van der Waals surface area contributed by atoms with E-state index in [9.17, 15) is 10.2 Å². The number of aliphatic hydroxyl groups is 2. The fourth-order valence-corrected chi connectivity index (χ4v) is 3.48. The Morgan fingerprint density at radius 1 is 1.13 bits per heavy atom. The van der Waals surface area contributed by atoms with Crippen molar-refractivity contribution in [1.82, 2.24) is 4.90 Å². The molecule has 3 nitrogen and oxygen atoms in total. The summed E-state index contributed by atoms with van der Waals surface area (Å²) >= 11 is 0. The van der Waals surface area contributed by atoms with Gasteiger partial charge in [0, 0.05) is 17.1 Å². The Morgan fingerprint density at radius 3 is 2.00 bits per heavy atom. The molecule has 0 aliphatic carbocycles. The molecule has 0 saturated carbocycles. The van der Waals surface area contributed by atoms with Crippen LogP contribution in [0, 0.1) is 0 Å². The van der Waals surface area contributed by atoms with Gasteiger partial charge in [-0.1, -0.05) is 0 Å². The normalized spacial score (nSPS) is 35.8. The first-order chi connectivity index (χ1) is 6.60. The van der Waals surface area contributed by atoms with Crippen molar-refractivity contribution in [3.8, 4) is 0 Å². The summed E-state index contributed by atoms with van der Waals surface area (Å²) in [5.74, 6) is 0. The first-order valence-electron chi connectivity index (χ1n) is 5.76. The molecule has 0 aromatic heterocycles. The van der Waals surface area contributed by atoms with Crippen LogP contribution in [0.4, 0.5) is 0 Å². The second kappa shape index (κ2) is 3.72. The Balaban J connectivity index is 3.09. The lowest BCUT2D eigenvalue weighted by atomic mass is 9.75. The maximum absolute atomic E-state index is 10.1.